The van der Waals surface area contributed by atoms with Crippen LogP contribution in [0.15, 0.2) is 18.2 Å². The number of nitrogens with one attached hydrogen (secondary N) is 1. The number of aromatic amines is 1. The number of hydrogen-bond donors (Lipinski definition) is 1. The lowest BCUT2D eigenvalue weighted by atomic mass is 9.79. The lowest BCUT2D eigenvalue weighted by Crippen LogP contribution is -2.20. The molecule has 0 saturated heterocycles. The number of rotatable bonds is 8. The SMILES string of the molecule is CCOC(=O)c1[nH]c2c(c1CCC1CCCCC1)C(=O)CC(c1cc(OC)ccc1OC)C2. The first-order valence-corrected chi connectivity index (χ1v) is 12.2. The number of carbonyl (C=O) groups excluding carboxylic acids is 2. The van der Waals surface area contributed by atoms with Crippen LogP contribution in [0.1, 0.15) is 95.5 Å². The van der Waals surface area contributed by atoms with Gasteiger partial charge in [0.25, 0.3) is 0 Å². The van der Waals surface area contributed by atoms with Gasteiger partial charge >= 0.3 is 5.97 Å². The van der Waals surface area contributed by atoms with E-state index in [0.717, 1.165) is 41.2 Å². The lowest BCUT2D eigenvalue weighted by molar-refractivity contribution is 0.0518. The van der Waals surface area contributed by atoms with Crippen molar-refractivity contribution in [1.29, 1.82) is 0 Å². The van der Waals surface area contributed by atoms with Crippen molar-refractivity contribution in [2.45, 2.75) is 70.6 Å². The number of ketones is 1. The average molecular weight is 454 g/mol. The molecule has 33 heavy (non-hydrogen) atoms. The summed E-state index contributed by atoms with van der Waals surface area (Å²) in [5, 5.41) is 0. The molecular formula is C27H35NO5. The van der Waals surface area contributed by atoms with Gasteiger partial charge < -0.3 is 19.2 Å². The Kier molecular flexibility index (Phi) is 7.41. The van der Waals surface area contributed by atoms with E-state index in [1.54, 1.807) is 21.1 Å². The summed E-state index contributed by atoms with van der Waals surface area (Å²) in [6.45, 7) is 2.11. The van der Waals surface area contributed by atoms with E-state index in [-0.39, 0.29) is 17.7 Å². The van der Waals surface area contributed by atoms with Crippen LogP contribution in [0.4, 0.5) is 0 Å². The molecule has 0 bridgehead atoms. The molecule has 1 aromatic heterocycles. The number of hydrogen-bond acceptors (Lipinski definition) is 5. The van der Waals surface area contributed by atoms with Crippen LogP contribution in [0.5, 0.6) is 11.5 Å². The predicted molar refractivity (Wildman–Crippen MR) is 127 cm³/mol. The molecular weight excluding hydrogens is 418 g/mol. The first-order chi connectivity index (χ1) is 16.0. The topological polar surface area (TPSA) is 77.6 Å². The van der Waals surface area contributed by atoms with Gasteiger partial charge in [-0.3, -0.25) is 4.79 Å². The minimum absolute atomic E-state index is 0.0464. The zero-order valence-corrected chi connectivity index (χ0v) is 20.0. The second-order valence-electron chi connectivity index (χ2n) is 9.23. The Morgan fingerprint density at radius 1 is 1.09 bits per heavy atom. The highest BCUT2D eigenvalue weighted by Gasteiger charge is 2.35. The van der Waals surface area contributed by atoms with Crippen LogP contribution in [0.3, 0.4) is 0 Å². The molecule has 6 heteroatoms. The number of H-pyrrole nitrogens is 1. The Labute approximate surface area is 196 Å². The van der Waals surface area contributed by atoms with Gasteiger partial charge in [-0.1, -0.05) is 32.1 Å². The van der Waals surface area contributed by atoms with Crippen molar-refractivity contribution in [1.82, 2.24) is 4.98 Å². The van der Waals surface area contributed by atoms with Gasteiger partial charge in [-0.25, -0.2) is 4.79 Å². The van der Waals surface area contributed by atoms with Gasteiger partial charge in [-0.15, -0.1) is 0 Å². The molecule has 178 valence electrons. The molecule has 0 amide bonds. The van der Waals surface area contributed by atoms with E-state index in [1.807, 2.05) is 18.2 Å². The number of Topliss-reactive ketones (excluding diaryl/α,β-unsaturated/α-hetero) is 1. The highest BCUT2D eigenvalue weighted by Crippen LogP contribution is 2.41. The third-order valence-electron chi connectivity index (χ3n) is 7.23. The second kappa shape index (κ2) is 10.4. The number of fused-ring (bicyclic) bond motifs is 1. The Balaban J connectivity index is 1.66. The molecule has 1 heterocycles. The molecule has 6 nitrogen and oxygen atoms in total. The number of benzene rings is 1. The molecule has 4 rings (SSSR count). The van der Waals surface area contributed by atoms with Crippen molar-refractivity contribution in [3.05, 3.63) is 46.3 Å². The lowest BCUT2D eigenvalue weighted by Gasteiger charge is -2.25. The summed E-state index contributed by atoms with van der Waals surface area (Å²) in [5.74, 6) is 1.81. The van der Waals surface area contributed by atoms with Gasteiger partial charge in [0.2, 0.25) is 0 Å². The van der Waals surface area contributed by atoms with Gasteiger partial charge in [0.15, 0.2) is 5.78 Å². The summed E-state index contributed by atoms with van der Waals surface area (Å²) in [6.07, 6.45) is 9.14. The number of aromatic nitrogens is 1. The Bertz CT molecular complexity index is 1000. The van der Waals surface area contributed by atoms with E-state index in [2.05, 4.69) is 4.98 Å². The van der Waals surface area contributed by atoms with Crippen LogP contribution >= 0.6 is 0 Å². The van der Waals surface area contributed by atoms with E-state index in [9.17, 15) is 9.59 Å². The van der Waals surface area contributed by atoms with Crippen molar-refractivity contribution in [3.63, 3.8) is 0 Å². The van der Waals surface area contributed by atoms with Crippen molar-refractivity contribution in [2.75, 3.05) is 20.8 Å². The Morgan fingerprint density at radius 2 is 1.88 bits per heavy atom. The van der Waals surface area contributed by atoms with Crippen LogP contribution < -0.4 is 9.47 Å². The maximum Gasteiger partial charge on any atom is 0.355 e. The van der Waals surface area contributed by atoms with Gasteiger partial charge in [0.1, 0.15) is 17.2 Å². The largest absolute Gasteiger partial charge is 0.497 e. The van der Waals surface area contributed by atoms with Crippen molar-refractivity contribution in [3.8, 4) is 11.5 Å². The van der Waals surface area contributed by atoms with Crippen LogP contribution in [-0.4, -0.2) is 37.6 Å². The fourth-order valence-electron chi connectivity index (χ4n) is 5.56. The first kappa shape index (κ1) is 23.4. The zero-order valence-electron chi connectivity index (χ0n) is 20.0. The van der Waals surface area contributed by atoms with Gasteiger partial charge in [0, 0.05) is 29.2 Å². The summed E-state index contributed by atoms with van der Waals surface area (Å²) in [5.41, 5.74) is 3.82. The minimum Gasteiger partial charge on any atom is -0.497 e. The molecule has 1 unspecified atom stereocenters. The summed E-state index contributed by atoms with van der Waals surface area (Å²) < 4.78 is 16.3. The van der Waals surface area contributed by atoms with E-state index in [0.29, 0.717) is 36.6 Å². The van der Waals surface area contributed by atoms with Crippen LogP contribution in [0, 0.1) is 5.92 Å². The van der Waals surface area contributed by atoms with Gasteiger partial charge in [-0.2, -0.15) is 0 Å². The maximum absolute atomic E-state index is 13.4. The number of ether oxygens (including phenoxy) is 3. The normalized spacial score (nSPS) is 18.6. The van der Waals surface area contributed by atoms with Crippen molar-refractivity contribution in [2.24, 2.45) is 5.92 Å². The molecule has 1 saturated carbocycles. The van der Waals surface area contributed by atoms with E-state index in [4.69, 9.17) is 14.2 Å². The predicted octanol–water partition coefficient (Wildman–Crippen LogP) is 5.63. The smallest absolute Gasteiger partial charge is 0.355 e. The average Bonchev–Trinajstić information content (AvgIpc) is 3.22. The molecule has 2 aliphatic rings. The van der Waals surface area contributed by atoms with Crippen LogP contribution in [0.2, 0.25) is 0 Å². The fraction of sp³-hybridized carbons (Fsp3) is 0.556. The number of esters is 1. The molecule has 1 fully saturated rings. The monoisotopic (exact) mass is 453 g/mol. The number of methoxy groups -OCH3 is 2. The van der Waals surface area contributed by atoms with Gasteiger partial charge in [-0.05, 0) is 55.9 Å². The first-order valence-electron chi connectivity index (χ1n) is 12.2. The third kappa shape index (κ3) is 4.94. The Morgan fingerprint density at radius 3 is 2.58 bits per heavy atom. The van der Waals surface area contributed by atoms with Crippen molar-refractivity contribution >= 4 is 11.8 Å². The van der Waals surface area contributed by atoms with Crippen molar-refractivity contribution < 1.29 is 23.8 Å². The molecule has 1 N–H and O–H groups in total. The van der Waals surface area contributed by atoms with E-state index in [1.165, 1.54) is 32.1 Å². The summed E-state index contributed by atoms with van der Waals surface area (Å²) in [4.78, 5) is 29.5. The van der Waals surface area contributed by atoms with E-state index < -0.39 is 0 Å². The highest BCUT2D eigenvalue weighted by molar-refractivity contribution is 6.04. The summed E-state index contributed by atoms with van der Waals surface area (Å²) in [7, 11) is 3.27. The molecule has 2 aromatic rings. The highest BCUT2D eigenvalue weighted by atomic mass is 16.5. The maximum atomic E-state index is 13.4. The quantitative estimate of drug-likeness (QED) is 0.524. The van der Waals surface area contributed by atoms with Crippen LogP contribution in [0.25, 0.3) is 0 Å². The van der Waals surface area contributed by atoms with Crippen LogP contribution in [-0.2, 0) is 17.6 Å². The minimum atomic E-state index is -0.367. The Hall–Kier alpha value is -2.76. The summed E-state index contributed by atoms with van der Waals surface area (Å²) in [6, 6.07) is 5.68. The van der Waals surface area contributed by atoms with Gasteiger partial charge in [0.05, 0.1) is 20.8 Å². The molecule has 0 aliphatic heterocycles. The molecule has 0 spiro atoms. The standard InChI is InChI=1S/C27H35NO5/c1-4-33-27(30)26-20(12-10-17-8-6-5-7-9-17)25-22(28-26)14-18(15-23(25)29)21-16-19(31-2)11-13-24(21)32-3/h11,13,16-18,28H,4-10,12,14-15H2,1-3H3. The molecule has 1 aromatic carbocycles. The second-order valence-corrected chi connectivity index (χ2v) is 9.23. The molecule has 0 radical (unpaired) electrons. The third-order valence-corrected chi connectivity index (χ3v) is 7.23. The molecule has 1 atom stereocenters. The fourth-order valence-corrected chi connectivity index (χ4v) is 5.56. The zero-order chi connectivity index (χ0) is 23.4. The number of carbonyl (C=O) groups is 2. The molecule has 2 aliphatic carbocycles. The van der Waals surface area contributed by atoms with E-state index >= 15 is 0 Å². The summed E-state index contributed by atoms with van der Waals surface area (Å²) >= 11 is 0.